The van der Waals surface area contributed by atoms with E-state index in [-0.39, 0.29) is 11.5 Å². The van der Waals surface area contributed by atoms with Crippen molar-refractivity contribution in [2.24, 2.45) is 5.92 Å². The molecule has 0 aliphatic carbocycles. The minimum absolute atomic E-state index is 0.0821. The lowest BCUT2D eigenvalue weighted by Crippen LogP contribution is -2.46. The van der Waals surface area contributed by atoms with Gasteiger partial charge in [0.1, 0.15) is 0 Å². The Morgan fingerprint density at radius 3 is 2.86 bits per heavy atom. The number of rotatable bonds is 3. The summed E-state index contributed by atoms with van der Waals surface area (Å²) in [7, 11) is 1.45. The van der Waals surface area contributed by atoms with E-state index >= 15 is 0 Å². The SMILES string of the molecule is COC(=O)CCC1CCNC(C)(C)C1. The van der Waals surface area contributed by atoms with Crippen molar-refractivity contribution in [1.29, 1.82) is 0 Å². The minimum Gasteiger partial charge on any atom is -0.469 e. The van der Waals surface area contributed by atoms with Gasteiger partial charge in [-0.25, -0.2) is 0 Å². The third kappa shape index (κ3) is 3.66. The molecule has 1 N–H and O–H groups in total. The van der Waals surface area contributed by atoms with Crippen molar-refractivity contribution in [3.8, 4) is 0 Å². The molecule has 1 fully saturated rings. The Bertz CT molecular complexity index is 201. The first-order valence-electron chi connectivity index (χ1n) is 5.35. The van der Waals surface area contributed by atoms with Gasteiger partial charge < -0.3 is 10.1 Å². The molecule has 0 aromatic rings. The molecule has 1 saturated heterocycles. The summed E-state index contributed by atoms with van der Waals surface area (Å²) in [6.07, 6.45) is 3.87. The van der Waals surface area contributed by atoms with Crippen LogP contribution in [0.25, 0.3) is 0 Å². The van der Waals surface area contributed by atoms with Crippen LogP contribution in [0.15, 0.2) is 0 Å². The van der Waals surface area contributed by atoms with Crippen LogP contribution >= 0.6 is 0 Å². The number of nitrogens with one attached hydrogen (secondary N) is 1. The van der Waals surface area contributed by atoms with Crippen LogP contribution in [0.2, 0.25) is 0 Å². The smallest absolute Gasteiger partial charge is 0.305 e. The van der Waals surface area contributed by atoms with Crippen LogP contribution in [0.1, 0.15) is 39.5 Å². The van der Waals surface area contributed by atoms with E-state index in [1.807, 2.05) is 0 Å². The lowest BCUT2D eigenvalue weighted by molar-refractivity contribution is -0.141. The fourth-order valence-electron chi connectivity index (χ4n) is 2.18. The van der Waals surface area contributed by atoms with Gasteiger partial charge in [-0.05, 0) is 45.6 Å². The van der Waals surface area contributed by atoms with Crippen molar-refractivity contribution < 1.29 is 9.53 Å². The molecule has 1 rings (SSSR count). The average molecular weight is 199 g/mol. The summed E-state index contributed by atoms with van der Waals surface area (Å²) in [5.41, 5.74) is 0.235. The Labute approximate surface area is 86.2 Å². The van der Waals surface area contributed by atoms with Gasteiger partial charge in [-0.15, -0.1) is 0 Å². The number of carbonyl (C=O) groups is 1. The highest BCUT2D eigenvalue weighted by Crippen LogP contribution is 2.27. The molecule has 3 nitrogen and oxygen atoms in total. The molecule has 3 heteroatoms. The summed E-state index contributed by atoms with van der Waals surface area (Å²) >= 11 is 0. The van der Waals surface area contributed by atoms with Crippen LogP contribution in [0.5, 0.6) is 0 Å². The molecule has 1 aliphatic rings. The zero-order chi connectivity index (χ0) is 10.6. The first-order valence-corrected chi connectivity index (χ1v) is 5.35. The molecule has 82 valence electrons. The van der Waals surface area contributed by atoms with E-state index in [0.29, 0.717) is 12.3 Å². The molecule has 1 aliphatic heterocycles. The Kier molecular flexibility index (Phi) is 3.93. The van der Waals surface area contributed by atoms with E-state index in [9.17, 15) is 4.79 Å². The Hall–Kier alpha value is -0.570. The maximum absolute atomic E-state index is 11.0. The number of carbonyl (C=O) groups excluding carboxylic acids is 1. The van der Waals surface area contributed by atoms with Crippen LogP contribution in [0, 0.1) is 5.92 Å². The number of ether oxygens (including phenoxy) is 1. The van der Waals surface area contributed by atoms with E-state index in [1.54, 1.807) is 0 Å². The number of hydrogen-bond acceptors (Lipinski definition) is 3. The molecule has 0 amide bonds. The molecule has 0 aromatic carbocycles. The number of piperidine rings is 1. The van der Waals surface area contributed by atoms with Crippen molar-refractivity contribution in [3.63, 3.8) is 0 Å². The van der Waals surface area contributed by atoms with E-state index < -0.39 is 0 Å². The van der Waals surface area contributed by atoms with Crippen molar-refractivity contribution in [1.82, 2.24) is 5.32 Å². The summed E-state index contributed by atoms with van der Waals surface area (Å²) in [5, 5.41) is 3.47. The molecule has 1 unspecified atom stereocenters. The minimum atomic E-state index is -0.0821. The fourth-order valence-corrected chi connectivity index (χ4v) is 2.18. The Morgan fingerprint density at radius 2 is 2.29 bits per heavy atom. The zero-order valence-electron chi connectivity index (χ0n) is 9.43. The van der Waals surface area contributed by atoms with Gasteiger partial charge in [0.25, 0.3) is 0 Å². The third-order valence-electron chi connectivity index (χ3n) is 2.94. The van der Waals surface area contributed by atoms with E-state index in [2.05, 4.69) is 23.9 Å². The number of hydrogen-bond donors (Lipinski definition) is 1. The molecular weight excluding hydrogens is 178 g/mol. The average Bonchev–Trinajstić information content (AvgIpc) is 2.12. The standard InChI is InChI=1S/C11H21NO2/c1-11(2)8-9(6-7-12-11)4-5-10(13)14-3/h9,12H,4-8H2,1-3H3. The van der Waals surface area contributed by atoms with Gasteiger partial charge in [-0.1, -0.05) is 0 Å². The van der Waals surface area contributed by atoms with E-state index in [4.69, 9.17) is 0 Å². The van der Waals surface area contributed by atoms with Crippen LogP contribution in [-0.4, -0.2) is 25.2 Å². The van der Waals surface area contributed by atoms with E-state index in [0.717, 1.165) is 19.4 Å². The van der Waals surface area contributed by atoms with Gasteiger partial charge >= 0.3 is 5.97 Å². The lowest BCUT2D eigenvalue weighted by Gasteiger charge is -2.36. The predicted octanol–water partition coefficient (Wildman–Crippen LogP) is 1.72. The number of esters is 1. The van der Waals surface area contributed by atoms with Crippen LogP contribution < -0.4 is 5.32 Å². The van der Waals surface area contributed by atoms with Crippen molar-refractivity contribution in [2.75, 3.05) is 13.7 Å². The Balaban J connectivity index is 2.28. The highest BCUT2D eigenvalue weighted by atomic mass is 16.5. The van der Waals surface area contributed by atoms with Gasteiger partial charge in [0.15, 0.2) is 0 Å². The second-order valence-electron chi connectivity index (χ2n) is 4.78. The molecule has 0 spiro atoms. The molecule has 0 aromatic heterocycles. The van der Waals surface area contributed by atoms with E-state index in [1.165, 1.54) is 13.5 Å². The van der Waals surface area contributed by atoms with Gasteiger partial charge in [0.2, 0.25) is 0 Å². The molecule has 1 atom stereocenters. The zero-order valence-corrected chi connectivity index (χ0v) is 9.43. The Morgan fingerprint density at radius 1 is 1.57 bits per heavy atom. The summed E-state index contributed by atoms with van der Waals surface area (Å²) in [4.78, 5) is 11.0. The maximum Gasteiger partial charge on any atom is 0.305 e. The second-order valence-corrected chi connectivity index (χ2v) is 4.78. The quantitative estimate of drug-likeness (QED) is 0.703. The first-order chi connectivity index (χ1) is 6.53. The van der Waals surface area contributed by atoms with Gasteiger partial charge in [0, 0.05) is 12.0 Å². The summed E-state index contributed by atoms with van der Waals surface area (Å²) in [6, 6.07) is 0. The fraction of sp³-hybridized carbons (Fsp3) is 0.909. The van der Waals surface area contributed by atoms with Gasteiger partial charge in [-0.2, -0.15) is 0 Å². The summed E-state index contributed by atoms with van der Waals surface area (Å²) < 4.78 is 4.64. The highest BCUT2D eigenvalue weighted by Gasteiger charge is 2.27. The topological polar surface area (TPSA) is 38.3 Å². The van der Waals surface area contributed by atoms with Gasteiger partial charge in [0.05, 0.1) is 7.11 Å². The molecule has 1 heterocycles. The molecule has 0 radical (unpaired) electrons. The normalized spacial score (nSPS) is 25.8. The first kappa shape index (κ1) is 11.5. The monoisotopic (exact) mass is 199 g/mol. The molecule has 0 saturated carbocycles. The molecular formula is C11H21NO2. The third-order valence-corrected chi connectivity index (χ3v) is 2.94. The van der Waals surface area contributed by atoms with Crippen molar-refractivity contribution >= 4 is 5.97 Å². The highest BCUT2D eigenvalue weighted by molar-refractivity contribution is 5.69. The lowest BCUT2D eigenvalue weighted by atomic mass is 9.82. The van der Waals surface area contributed by atoms with Crippen LogP contribution in [0.3, 0.4) is 0 Å². The molecule has 0 bridgehead atoms. The van der Waals surface area contributed by atoms with Crippen LogP contribution in [-0.2, 0) is 9.53 Å². The van der Waals surface area contributed by atoms with Crippen molar-refractivity contribution in [2.45, 2.75) is 45.1 Å². The summed E-state index contributed by atoms with van der Waals surface area (Å²) in [6.45, 7) is 5.51. The predicted molar refractivity (Wildman–Crippen MR) is 56.1 cm³/mol. The largest absolute Gasteiger partial charge is 0.469 e. The van der Waals surface area contributed by atoms with Crippen molar-refractivity contribution in [3.05, 3.63) is 0 Å². The maximum atomic E-state index is 11.0. The summed E-state index contributed by atoms with van der Waals surface area (Å²) in [5.74, 6) is 0.590. The second kappa shape index (κ2) is 4.78. The molecule has 14 heavy (non-hydrogen) atoms. The number of methoxy groups -OCH3 is 1. The van der Waals surface area contributed by atoms with Crippen LogP contribution in [0.4, 0.5) is 0 Å². The van der Waals surface area contributed by atoms with Gasteiger partial charge in [-0.3, -0.25) is 4.79 Å².